The molecule has 3 rings (SSSR count). The SMILES string of the molecule is Cc1cc(F)ccc1NC(=O)c1cccc(OCc2ccccc2)c1. The summed E-state index contributed by atoms with van der Waals surface area (Å²) in [4.78, 5) is 12.4. The lowest BCUT2D eigenvalue weighted by atomic mass is 10.1. The maximum absolute atomic E-state index is 13.2. The van der Waals surface area contributed by atoms with Gasteiger partial charge >= 0.3 is 0 Å². The van der Waals surface area contributed by atoms with Gasteiger partial charge in [0.1, 0.15) is 18.2 Å². The van der Waals surface area contributed by atoms with Crippen LogP contribution in [0.2, 0.25) is 0 Å². The highest BCUT2D eigenvalue weighted by Gasteiger charge is 2.09. The molecule has 0 spiro atoms. The van der Waals surface area contributed by atoms with Gasteiger partial charge in [-0.15, -0.1) is 0 Å². The van der Waals surface area contributed by atoms with Crippen molar-refractivity contribution in [2.24, 2.45) is 0 Å². The van der Waals surface area contributed by atoms with Crippen LogP contribution in [0.4, 0.5) is 10.1 Å². The van der Waals surface area contributed by atoms with Gasteiger partial charge in [-0.05, 0) is 54.4 Å². The molecule has 0 atom stereocenters. The summed E-state index contributed by atoms with van der Waals surface area (Å²) in [5.74, 6) is 0.0269. The summed E-state index contributed by atoms with van der Waals surface area (Å²) in [6.07, 6.45) is 0. The van der Waals surface area contributed by atoms with E-state index in [4.69, 9.17) is 4.74 Å². The first-order valence-electron chi connectivity index (χ1n) is 7.96. The number of rotatable bonds is 5. The van der Waals surface area contributed by atoms with Crippen molar-refractivity contribution in [3.8, 4) is 5.75 Å². The second kappa shape index (κ2) is 7.62. The van der Waals surface area contributed by atoms with E-state index in [2.05, 4.69) is 5.32 Å². The Kier molecular flexibility index (Phi) is 5.09. The molecule has 126 valence electrons. The zero-order valence-corrected chi connectivity index (χ0v) is 13.8. The quantitative estimate of drug-likeness (QED) is 0.715. The second-order valence-corrected chi connectivity index (χ2v) is 5.72. The van der Waals surface area contributed by atoms with E-state index < -0.39 is 0 Å². The molecule has 3 aromatic carbocycles. The first-order valence-corrected chi connectivity index (χ1v) is 7.96. The number of aryl methyl sites for hydroxylation is 1. The molecule has 0 heterocycles. The third-order valence-corrected chi connectivity index (χ3v) is 3.78. The van der Waals surface area contributed by atoms with Gasteiger partial charge < -0.3 is 10.1 Å². The lowest BCUT2D eigenvalue weighted by molar-refractivity contribution is 0.102. The Morgan fingerprint density at radius 1 is 1.00 bits per heavy atom. The molecule has 3 nitrogen and oxygen atoms in total. The van der Waals surface area contributed by atoms with Crippen LogP contribution >= 0.6 is 0 Å². The van der Waals surface area contributed by atoms with E-state index in [9.17, 15) is 9.18 Å². The van der Waals surface area contributed by atoms with E-state index in [0.717, 1.165) is 5.56 Å². The van der Waals surface area contributed by atoms with Crippen LogP contribution < -0.4 is 10.1 Å². The van der Waals surface area contributed by atoms with E-state index in [0.29, 0.717) is 29.2 Å². The molecule has 0 aromatic heterocycles. The molecule has 1 N–H and O–H groups in total. The van der Waals surface area contributed by atoms with E-state index in [1.165, 1.54) is 12.1 Å². The van der Waals surface area contributed by atoms with E-state index in [1.807, 2.05) is 36.4 Å². The van der Waals surface area contributed by atoms with Crippen LogP contribution in [-0.4, -0.2) is 5.91 Å². The van der Waals surface area contributed by atoms with E-state index >= 15 is 0 Å². The zero-order chi connectivity index (χ0) is 17.6. The van der Waals surface area contributed by atoms with E-state index in [1.54, 1.807) is 31.2 Å². The second-order valence-electron chi connectivity index (χ2n) is 5.72. The molecule has 1 amide bonds. The van der Waals surface area contributed by atoms with Crippen molar-refractivity contribution >= 4 is 11.6 Å². The largest absolute Gasteiger partial charge is 0.489 e. The molecule has 0 saturated heterocycles. The summed E-state index contributed by atoms with van der Waals surface area (Å²) < 4.78 is 18.9. The van der Waals surface area contributed by atoms with Crippen molar-refractivity contribution in [3.05, 3.63) is 95.3 Å². The van der Waals surface area contributed by atoms with Crippen molar-refractivity contribution in [3.63, 3.8) is 0 Å². The number of amides is 1. The van der Waals surface area contributed by atoms with Crippen LogP contribution in [0.3, 0.4) is 0 Å². The van der Waals surface area contributed by atoms with Crippen molar-refractivity contribution < 1.29 is 13.9 Å². The third-order valence-electron chi connectivity index (χ3n) is 3.78. The first kappa shape index (κ1) is 16.7. The van der Waals surface area contributed by atoms with Gasteiger partial charge in [-0.1, -0.05) is 36.4 Å². The normalized spacial score (nSPS) is 10.3. The molecule has 25 heavy (non-hydrogen) atoms. The van der Waals surface area contributed by atoms with Gasteiger partial charge in [0.15, 0.2) is 0 Å². The molecule has 0 radical (unpaired) electrons. The fourth-order valence-corrected chi connectivity index (χ4v) is 2.43. The third kappa shape index (κ3) is 4.44. The van der Waals surface area contributed by atoms with Crippen LogP contribution in [0.25, 0.3) is 0 Å². The molecular formula is C21H18FNO2. The fourth-order valence-electron chi connectivity index (χ4n) is 2.43. The highest BCUT2D eigenvalue weighted by Crippen LogP contribution is 2.19. The summed E-state index contributed by atoms with van der Waals surface area (Å²) in [6.45, 7) is 2.18. The Morgan fingerprint density at radius 2 is 1.80 bits per heavy atom. The summed E-state index contributed by atoms with van der Waals surface area (Å²) in [5, 5.41) is 2.79. The molecule has 0 bridgehead atoms. The Balaban J connectivity index is 1.69. The number of ether oxygens (including phenoxy) is 1. The van der Waals surface area contributed by atoms with Gasteiger partial charge in [-0.3, -0.25) is 4.79 Å². The Morgan fingerprint density at radius 3 is 2.56 bits per heavy atom. The van der Waals surface area contributed by atoms with Gasteiger partial charge in [-0.25, -0.2) is 4.39 Å². The van der Waals surface area contributed by atoms with Gasteiger partial charge in [0.25, 0.3) is 5.91 Å². The van der Waals surface area contributed by atoms with Crippen LogP contribution in [0.5, 0.6) is 5.75 Å². The van der Waals surface area contributed by atoms with Gasteiger partial charge in [0.2, 0.25) is 0 Å². The van der Waals surface area contributed by atoms with Crippen molar-refractivity contribution in [1.29, 1.82) is 0 Å². The Bertz CT molecular complexity index is 878. The lowest BCUT2D eigenvalue weighted by Gasteiger charge is -2.10. The average molecular weight is 335 g/mol. The van der Waals surface area contributed by atoms with Gasteiger partial charge in [0, 0.05) is 11.3 Å². The average Bonchev–Trinajstić information content (AvgIpc) is 2.63. The van der Waals surface area contributed by atoms with Crippen LogP contribution in [0.1, 0.15) is 21.5 Å². The van der Waals surface area contributed by atoms with Crippen molar-refractivity contribution in [2.75, 3.05) is 5.32 Å². The molecule has 3 aromatic rings. The highest BCUT2D eigenvalue weighted by atomic mass is 19.1. The lowest BCUT2D eigenvalue weighted by Crippen LogP contribution is -2.13. The molecule has 0 unspecified atom stereocenters. The molecule has 0 aliphatic rings. The Hall–Kier alpha value is -3.14. The summed E-state index contributed by atoms with van der Waals surface area (Å²) >= 11 is 0. The predicted molar refractivity (Wildman–Crippen MR) is 96.3 cm³/mol. The smallest absolute Gasteiger partial charge is 0.255 e. The van der Waals surface area contributed by atoms with Gasteiger partial charge in [0.05, 0.1) is 0 Å². The number of nitrogens with one attached hydrogen (secondary N) is 1. The fraction of sp³-hybridized carbons (Fsp3) is 0.0952. The standard InChI is InChI=1S/C21H18FNO2/c1-15-12-18(22)10-11-20(15)23-21(24)17-8-5-9-19(13-17)25-14-16-6-3-2-4-7-16/h2-13H,14H2,1H3,(H,23,24). The maximum Gasteiger partial charge on any atom is 0.255 e. The minimum absolute atomic E-state index is 0.264. The molecule has 0 fully saturated rings. The topological polar surface area (TPSA) is 38.3 Å². The van der Waals surface area contributed by atoms with Gasteiger partial charge in [-0.2, -0.15) is 0 Å². The van der Waals surface area contributed by atoms with Crippen LogP contribution in [-0.2, 0) is 6.61 Å². The van der Waals surface area contributed by atoms with E-state index in [-0.39, 0.29) is 11.7 Å². The summed E-state index contributed by atoms with van der Waals surface area (Å²) in [6, 6.07) is 21.1. The number of hydrogen-bond acceptors (Lipinski definition) is 2. The Labute approximate surface area is 146 Å². The molecule has 4 heteroatoms. The molecule has 0 aliphatic heterocycles. The van der Waals surface area contributed by atoms with Crippen LogP contribution in [0, 0.1) is 12.7 Å². The zero-order valence-electron chi connectivity index (χ0n) is 13.8. The maximum atomic E-state index is 13.2. The minimum atomic E-state index is -0.327. The number of carbonyl (C=O) groups excluding carboxylic acids is 1. The molecule has 0 saturated carbocycles. The number of halogens is 1. The number of anilines is 1. The summed E-state index contributed by atoms with van der Waals surface area (Å²) in [7, 11) is 0. The predicted octanol–water partition coefficient (Wildman–Crippen LogP) is 4.97. The molecule has 0 aliphatic carbocycles. The molecular weight excluding hydrogens is 317 g/mol. The monoisotopic (exact) mass is 335 g/mol. The number of carbonyl (C=O) groups is 1. The number of benzene rings is 3. The summed E-state index contributed by atoms with van der Waals surface area (Å²) in [5.41, 5.74) is 2.79. The highest BCUT2D eigenvalue weighted by molar-refractivity contribution is 6.04. The van der Waals surface area contributed by atoms with Crippen molar-refractivity contribution in [1.82, 2.24) is 0 Å². The van der Waals surface area contributed by atoms with Crippen LogP contribution in [0.15, 0.2) is 72.8 Å². The number of hydrogen-bond donors (Lipinski definition) is 1. The van der Waals surface area contributed by atoms with Crippen molar-refractivity contribution in [2.45, 2.75) is 13.5 Å². The first-order chi connectivity index (χ1) is 12.1. The minimum Gasteiger partial charge on any atom is -0.489 e.